The van der Waals surface area contributed by atoms with Crippen LogP contribution in [0.2, 0.25) is 0 Å². The van der Waals surface area contributed by atoms with E-state index in [4.69, 9.17) is 0 Å². The molecule has 1 aromatic heterocycles. The maximum Gasteiger partial charge on any atom is 0.227 e. The monoisotopic (exact) mass is 1020 g/mol. The van der Waals surface area contributed by atoms with Crippen LogP contribution in [0, 0.1) is 116 Å². The summed E-state index contributed by atoms with van der Waals surface area (Å²) in [5.74, 6) is -71.3. The Balaban J connectivity index is 0.000000308. The number of aryl methyl sites for hydroxylation is 1. The highest BCUT2D eigenvalue weighted by molar-refractivity contribution is 7.20. The summed E-state index contributed by atoms with van der Waals surface area (Å²) in [4.78, 5) is 12.2. The highest BCUT2D eigenvalue weighted by atomic mass is 19.2. The third-order valence-electron chi connectivity index (χ3n) is 11.4. The highest BCUT2D eigenvalue weighted by Crippen LogP contribution is 2.31. The molecule has 0 spiro atoms. The molecule has 0 saturated carbocycles. The fraction of sp³-hybridized carbons (Fsp3) is 0.234. The predicted molar refractivity (Wildman–Crippen MR) is 213 cm³/mol. The van der Waals surface area contributed by atoms with E-state index < -0.39 is 144 Å². The molecule has 0 N–H and O–H groups in total. The van der Waals surface area contributed by atoms with Gasteiger partial charge in [0.2, 0.25) is 12.3 Å². The second-order valence-corrected chi connectivity index (χ2v) is 15.7. The van der Waals surface area contributed by atoms with E-state index in [-0.39, 0.29) is 5.78 Å². The minimum Gasteiger partial charge on any atom is -0.287 e. The number of rotatable bonds is 16. The lowest BCUT2D eigenvalue weighted by Gasteiger charge is -2.44. The number of hydrogen-bond donors (Lipinski definition) is 0. The number of aromatic nitrogens is 1. The van der Waals surface area contributed by atoms with Crippen molar-refractivity contribution in [2.45, 2.75) is 71.3 Å². The van der Waals surface area contributed by atoms with E-state index in [0.717, 1.165) is 12.0 Å². The van der Waals surface area contributed by atoms with Crippen molar-refractivity contribution in [3.63, 3.8) is 0 Å². The second kappa shape index (κ2) is 22.6. The van der Waals surface area contributed by atoms with Crippen molar-refractivity contribution >= 4 is 33.8 Å². The summed E-state index contributed by atoms with van der Waals surface area (Å²) in [5.41, 5.74) is -12.2. The Hall–Kier alpha value is -6.42. The molecule has 23 heteroatoms. The zero-order chi connectivity index (χ0) is 52.1. The highest BCUT2D eigenvalue weighted by Gasteiger charge is 2.52. The Kier molecular flexibility index (Phi) is 17.6. The molecule has 0 radical (unpaired) electrons. The molecule has 0 saturated heterocycles. The van der Waals surface area contributed by atoms with Gasteiger partial charge in [0.1, 0.15) is 52.7 Å². The average molecular weight is 1020 g/mol. The van der Waals surface area contributed by atoms with Gasteiger partial charge in [0.15, 0.2) is 82.2 Å². The zero-order valence-corrected chi connectivity index (χ0v) is 35.8. The van der Waals surface area contributed by atoms with Crippen LogP contribution in [0.3, 0.4) is 0 Å². The van der Waals surface area contributed by atoms with Gasteiger partial charge >= 0.3 is 0 Å². The Morgan fingerprint density at radius 2 is 0.643 bits per heavy atom. The van der Waals surface area contributed by atoms with Crippen molar-refractivity contribution in [1.82, 2.24) is 0 Å². The number of nitrogens with zero attached hydrogens (tertiary/aromatic N) is 1. The van der Waals surface area contributed by atoms with Crippen molar-refractivity contribution in [3.05, 3.63) is 182 Å². The normalized spacial score (nSPS) is 11.6. The fourth-order valence-corrected chi connectivity index (χ4v) is 7.98. The van der Waals surface area contributed by atoms with Crippen LogP contribution >= 0.6 is 0 Å². The van der Waals surface area contributed by atoms with Crippen molar-refractivity contribution in [2.24, 2.45) is 0 Å². The zero-order valence-electron chi connectivity index (χ0n) is 35.8. The molecule has 0 unspecified atom stereocenters. The molecule has 0 aliphatic heterocycles. The lowest BCUT2D eigenvalue weighted by Crippen LogP contribution is -2.81. The van der Waals surface area contributed by atoms with Gasteiger partial charge in [-0.1, -0.05) is 82.2 Å². The third kappa shape index (κ3) is 10.1. The first-order valence-electron chi connectivity index (χ1n) is 20.8. The molecule has 374 valence electrons. The number of ketones is 1. The SMILES string of the molecule is CCCCCCCCCCc1cc[n+](CC(=O)c2ccccc2)cc1.Fc1c(F)c(F)c([B-](c2c(F)c(F)c(F)c(F)c2F)(c2c(F)c(F)c(F)c(F)c2F)c2c(F)c(F)c(F)c(F)c2F)c(F)c1F. The Morgan fingerprint density at radius 3 is 0.943 bits per heavy atom. The van der Waals surface area contributed by atoms with Crippen LogP contribution in [0.15, 0.2) is 54.9 Å². The summed E-state index contributed by atoms with van der Waals surface area (Å²) in [7, 11) is 0. The van der Waals surface area contributed by atoms with Crippen molar-refractivity contribution < 1.29 is 97.2 Å². The van der Waals surface area contributed by atoms with E-state index >= 15 is 35.1 Å². The molecule has 0 amide bonds. The van der Waals surface area contributed by atoms with E-state index in [1.54, 1.807) is 0 Å². The molecule has 0 bridgehead atoms. The molecule has 70 heavy (non-hydrogen) atoms. The molecule has 0 fully saturated rings. The minimum absolute atomic E-state index is 0.154. The van der Waals surface area contributed by atoms with Gasteiger partial charge in [0.05, 0.1) is 0 Å². The number of halogens is 20. The van der Waals surface area contributed by atoms with Crippen LogP contribution in [-0.4, -0.2) is 11.9 Å². The standard InChI is InChI=1S/C24BF20.C23H32NO/c26-5-1(6(27)14(35)21(42)13(5)34)25(2-7(28)15(36)22(43)16(37)8(2)29,3-9(30)17(38)23(44)18(39)10(3)31)4-11(32)19(40)24(45)20(41)12(4)33;1-2-3-4-5-6-7-8-10-13-21-16-18-24(19-17-21)20-23(25)22-14-11-9-12-15-22/h;9,11-12,14-19H,2-8,10,13,20H2,1H3/q-1;+1. The van der Waals surface area contributed by atoms with Crippen LogP contribution in [0.5, 0.6) is 0 Å². The lowest BCUT2D eigenvalue weighted by molar-refractivity contribution is -0.683. The molecular formula is C47H32BF20NO. The molecule has 6 rings (SSSR count). The fourth-order valence-electron chi connectivity index (χ4n) is 7.98. The third-order valence-corrected chi connectivity index (χ3v) is 11.4. The summed E-state index contributed by atoms with van der Waals surface area (Å²) in [6.45, 7) is 2.67. The first-order chi connectivity index (χ1) is 33.0. The number of carbonyl (C=O) groups excluding carboxylic acids is 1. The number of hydrogen-bond acceptors (Lipinski definition) is 1. The first-order valence-corrected chi connectivity index (χ1v) is 20.8. The van der Waals surface area contributed by atoms with Gasteiger partial charge in [0.25, 0.3) is 0 Å². The van der Waals surface area contributed by atoms with Gasteiger partial charge < -0.3 is 0 Å². The largest absolute Gasteiger partial charge is 0.287 e. The van der Waals surface area contributed by atoms with E-state index in [1.807, 2.05) is 47.3 Å². The molecule has 6 aromatic rings. The van der Waals surface area contributed by atoms with Crippen LogP contribution in [0.25, 0.3) is 0 Å². The van der Waals surface area contributed by atoms with Crippen LogP contribution < -0.4 is 26.4 Å². The molecular weight excluding hydrogens is 985 g/mol. The molecule has 0 aliphatic rings. The van der Waals surface area contributed by atoms with Gasteiger partial charge in [-0.05, 0) is 18.4 Å². The van der Waals surface area contributed by atoms with E-state index in [1.165, 1.54) is 56.9 Å². The van der Waals surface area contributed by atoms with Crippen LogP contribution in [0.1, 0.15) is 74.2 Å². The van der Waals surface area contributed by atoms with Crippen molar-refractivity contribution in [1.29, 1.82) is 0 Å². The van der Waals surface area contributed by atoms with Gasteiger partial charge in [-0.15, -0.1) is 21.9 Å². The molecule has 2 nitrogen and oxygen atoms in total. The molecule has 0 aliphatic carbocycles. The number of carbonyl (C=O) groups is 1. The summed E-state index contributed by atoms with van der Waals surface area (Å²) in [6, 6.07) is 13.8. The quantitative estimate of drug-likeness (QED) is 0.0180. The number of benzene rings is 5. The Bertz CT molecular complexity index is 2530. The Morgan fingerprint density at radius 1 is 0.371 bits per heavy atom. The molecule has 0 atom stereocenters. The smallest absolute Gasteiger partial charge is 0.227 e. The van der Waals surface area contributed by atoms with Crippen LogP contribution in [0.4, 0.5) is 87.8 Å². The summed E-state index contributed by atoms with van der Waals surface area (Å²) in [6.07, 6.45) is 8.83. The maximum absolute atomic E-state index is 15.4. The average Bonchev–Trinajstić information content (AvgIpc) is 3.35. The number of unbranched alkanes of at least 4 members (excludes halogenated alkanes) is 7. The van der Waals surface area contributed by atoms with Gasteiger partial charge in [-0.25, -0.2) is 87.8 Å². The second-order valence-electron chi connectivity index (χ2n) is 15.7. The van der Waals surface area contributed by atoms with Gasteiger partial charge in [-0.3, -0.25) is 4.79 Å². The first kappa shape index (κ1) is 54.5. The summed E-state index contributed by atoms with van der Waals surface area (Å²) in [5, 5.41) is 0. The topological polar surface area (TPSA) is 20.9 Å². The van der Waals surface area contributed by atoms with Crippen molar-refractivity contribution in [2.75, 3.05) is 0 Å². The summed E-state index contributed by atoms with van der Waals surface area (Å²) < 4.78 is 296. The summed E-state index contributed by atoms with van der Waals surface area (Å²) >= 11 is 0. The van der Waals surface area contributed by atoms with E-state index in [0.29, 0.717) is 6.54 Å². The lowest BCUT2D eigenvalue weighted by atomic mass is 9.12. The molecule has 1 heterocycles. The van der Waals surface area contributed by atoms with Gasteiger partial charge in [-0.2, -0.15) is 4.57 Å². The minimum atomic E-state index is -7.22. The maximum atomic E-state index is 15.4. The Labute approximate surface area is 384 Å². The predicted octanol–water partition coefficient (Wildman–Crippen LogP) is 11.4. The molecule has 5 aromatic carbocycles. The number of pyridine rings is 1. The van der Waals surface area contributed by atoms with Gasteiger partial charge in [0, 0.05) is 17.7 Å². The van der Waals surface area contributed by atoms with E-state index in [2.05, 4.69) is 19.1 Å². The van der Waals surface area contributed by atoms with Crippen molar-refractivity contribution in [3.8, 4) is 0 Å². The van der Waals surface area contributed by atoms with E-state index in [9.17, 15) is 57.5 Å². The van der Waals surface area contributed by atoms with Crippen LogP contribution in [-0.2, 0) is 13.0 Å². The number of Topliss-reactive ketones (excluding diaryl/α,β-unsaturated/α-hetero) is 1.